The van der Waals surface area contributed by atoms with Gasteiger partial charge < -0.3 is 20.4 Å². The van der Waals surface area contributed by atoms with Gasteiger partial charge in [-0.25, -0.2) is 0 Å². The summed E-state index contributed by atoms with van der Waals surface area (Å²) in [5, 5.41) is 41.4. The maximum absolute atomic E-state index is 10.4. The number of hydrogen-bond acceptors (Lipinski definition) is 4. The van der Waals surface area contributed by atoms with Crippen molar-refractivity contribution >= 4 is 0 Å². The summed E-state index contributed by atoms with van der Waals surface area (Å²) in [6.45, 7) is 6.83. The molecule has 1 aliphatic rings. The highest BCUT2D eigenvalue weighted by molar-refractivity contribution is 4.93. The van der Waals surface area contributed by atoms with Crippen LogP contribution in [-0.2, 0) is 0 Å². The Hall–Kier alpha value is -0.160. The average molecular weight is 274 g/mol. The van der Waals surface area contributed by atoms with Crippen LogP contribution in [0.1, 0.15) is 72.6 Å². The van der Waals surface area contributed by atoms with Crippen LogP contribution < -0.4 is 0 Å². The van der Waals surface area contributed by atoms with Gasteiger partial charge in [0, 0.05) is 12.8 Å². The van der Waals surface area contributed by atoms with E-state index >= 15 is 0 Å². The predicted octanol–water partition coefficient (Wildman–Crippen LogP) is 1.73. The Kier molecular flexibility index (Phi) is 4.73. The predicted molar refractivity (Wildman–Crippen MR) is 74.8 cm³/mol. The van der Waals surface area contributed by atoms with E-state index in [2.05, 4.69) is 0 Å². The second-order valence-corrected chi connectivity index (χ2v) is 7.69. The molecule has 0 aromatic rings. The molecule has 4 N–H and O–H groups in total. The molecule has 4 heteroatoms. The highest BCUT2D eigenvalue weighted by Gasteiger charge is 2.39. The average Bonchev–Trinajstić information content (AvgIpc) is 2.10. The zero-order chi connectivity index (χ0) is 14.9. The van der Waals surface area contributed by atoms with Crippen LogP contribution in [0.2, 0.25) is 0 Å². The second kappa shape index (κ2) is 5.32. The van der Waals surface area contributed by atoms with E-state index in [1.807, 2.05) is 0 Å². The van der Waals surface area contributed by atoms with Gasteiger partial charge in [-0.3, -0.25) is 0 Å². The zero-order valence-electron chi connectivity index (χ0n) is 12.7. The fourth-order valence-electron chi connectivity index (χ4n) is 3.39. The topological polar surface area (TPSA) is 80.9 Å². The molecular formula is C15H30O4. The summed E-state index contributed by atoms with van der Waals surface area (Å²) in [6.07, 6.45) is 3.22. The summed E-state index contributed by atoms with van der Waals surface area (Å²) in [5.74, 6) is 0. The highest BCUT2D eigenvalue weighted by atomic mass is 16.3. The molecule has 0 aromatic carbocycles. The molecule has 0 saturated heterocycles. The Morgan fingerprint density at radius 2 is 0.895 bits per heavy atom. The molecule has 0 aliphatic heterocycles. The minimum Gasteiger partial charge on any atom is -0.390 e. The lowest BCUT2D eigenvalue weighted by Crippen LogP contribution is -2.43. The highest BCUT2D eigenvalue weighted by Crippen LogP contribution is 2.36. The fraction of sp³-hybridized carbons (Fsp3) is 1.00. The lowest BCUT2D eigenvalue weighted by atomic mass is 9.79. The Balaban J connectivity index is 2.91. The molecule has 4 unspecified atom stereocenters. The van der Waals surface area contributed by atoms with Crippen molar-refractivity contribution in [2.45, 2.75) is 95.0 Å². The van der Waals surface area contributed by atoms with Crippen LogP contribution in [0.4, 0.5) is 0 Å². The standard InChI is InChI=1S/C15H30O4/c1-12(16)6-5-7-13(2,17)10-15(4,19)11-14(3,18)9-8-12/h16-19H,5-11H2,1-4H3. The monoisotopic (exact) mass is 274 g/mol. The molecule has 1 saturated carbocycles. The van der Waals surface area contributed by atoms with Crippen molar-refractivity contribution in [2.24, 2.45) is 0 Å². The molecule has 0 bridgehead atoms. The summed E-state index contributed by atoms with van der Waals surface area (Å²) in [6, 6.07) is 0. The van der Waals surface area contributed by atoms with E-state index in [0.717, 1.165) is 0 Å². The molecule has 0 heterocycles. The fourth-order valence-corrected chi connectivity index (χ4v) is 3.39. The van der Waals surface area contributed by atoms with E-state index < -0.39 is 22.4 Å². The van der Waals surface area contributed by atoms with Crippen molar-refractivity contribution in [3.63, 3.8) is 0 Å². The normalized spacial score (nSPS) is 50.5. The van der Waals surface area contributed by atoms with Gasteiger partial charge in [-0.15, -0.1) is 0 Å². The van der Waals surface area contributed by atoms with E-state index in [9.17, 15) is 20.4 Å². The van der Waals surface area contributed by atoms with Gasteiger partial charge in [-0.1, -0.05) is 0 Å². The van der Waals surface area contributed by atoms with Crippen LogP contribution in [0.5, 0.6) is 0 Å². The molecule has 19 heavy (non-hydrogen) atoms. The number of aliphatic hydroxyl groups is 4. The van der Waals surface area contributed by atoms with Gasteiger partial charge >= 0.3 is 0 Å². The molecule has 4 atom stereocenters. The van der Waals surface area contributed by atoms with Crippen LogP contribution in [0.3, 0.4) is 0 Å². The molecule has 1 aliphatic carbocycles. The zero-order valence-corrected chi connectivity index (χ0v) is 12.7. The molecule has 1 fully saturated rings. The van der Waals surface area contributed by atoms with E-state index in [-0.39, 0.29) is 12.8 Å². The van der Waals surface area contributed by atoms with Gasteiger partial charge in [-0.05, 0) is 59.8 Å². The van der Waals surface area contributed by atoms with Crippen LogP contribution in [-0.4, -0.2) is 42.8 Å². The van der Waals surface area contributed by atoms with E-state index in [1.54, 1.807) is 27.7 Å². The minimum atomic E-state index is -1.11. The molecule has 0 aromatic heterocycles. The third-order valence-corrected chi connectivity index (χ3v) is 4.16. The Morgan fingerprint density at radius 3 is 1.42 bits per heavy atom. The van der Waals surface area contributed by atoms with Gasteiger partial charge in [-0.2, -0.15) is 0 Å². The van der Waals surface area contributed by atoms with Gasteiger partial charge in [0.05, 0.1) is 22.4 Å². The lowest BCUT2D eigenvalue weighted by molar-refractivity contribution is -0.0947. The third-order valence-electron chi connectivity index (χ3n) is 4.16. The largest absolute Gasteiger partial charge is 0.390 e. The van der Waals surface area contributed by atoms with Crippen molar-refractivity contribution in [2.75, 3.05) is 0 Å². The Morgan fingerprint density at radius 1 is 0.526 bits per heavy atom. The first kappa shape index (κ1) is 16.9. The SMILES string of the molecule is CC1(O)CCCC(C)(O)CC(C)(O)CC(C)(O)CC1. The van der Waals surface area contributed by atoms with Crippen molar-refractivity contribution < 1.29 is 20.4 Å². The van der Waals surface area contributed by atoms with Crippen LogP contribution in [0.15, 0.2) is 0 Å². The summed E-state index contributed by atoms with van der Waals surface area (Å²) < 4.78 is 0. The van der Waals surface area contributed by atoms with E-state index in [1.165, 1.54) is 0 Å². The molecule has 114 valence electrons. The maximum Gasteiger partial charge on any atom is 0.0674 e. The first-order valence-corrected chi connectivity index (χ1v) is 7.22. The molecular weight excluding hydrogens is 244 g/mol. The van der Waals surface area contributed by atoms with Crippen LogP contribution >= 0.6 is 0 Å². The van der Waals surface area contributed by atoms with Crippen molar-refractivity contribution in [3.05, 3.63) is 0 Å². The van der Waals surface area contributed by atoms with Gasteiger partial charge in [0.2, 0.25) is 0 Å². The Labute approximate surface area is 116 Å². The van der Waals surface area contributed by atoms with Crippen molar-refractivity contribution in [1.82, 2.24) is 0 Å². The molecule has 0 spiro atoms. The van der Waals surface area contributed by atoms with Crippen LogP contribution in [0.25, 0.3) is 0 Å². The van der Waals surface area contributed by atoms with Gasteiger partial charge in [0.25, 0.3) is 0 Å². The molecule has 4 nitrogen and oxygen atoms in total. The van der Waals surface area contributed by atoms with E-state index in [0.29, 0.717) is 32.1 Å². The Bertz CT molecular complexity index is 305. The third kappa shape index (κ3) is 6.21. The number of hydrogen-bond donors (Lipinski definition) is 4. The molecule has 0 radical (unpaired) electrons. The first-order valence-electron chi connectivity index (χ1n) is 7.22. The quantitative estimate of drug-likeness (QED) is 0.542. The van der Waals surface area contributed by atoms with Crippen molar-refractivity contribution in [1.29, 1.82) is 0 Å². The van der Waals surface area contributed by atoms with E-state index in [4.69, 9.17) is 0 Å². The summed E-state index contributed by atoms with van der Waals surface area (Å²) in [7, 11) is 0. The summed E-state index contributed by atoms with van der Waals surface area (Å²) in [4.78, 5) is 0. The number of rotatable bonds is 0. The van der Waals surface area contributed by atoms with Gasteiger partial charge in [0.1, 0.15) is 0 Å². The lowest BCUT2D eigenvalue weighted by Gasteiger charge is -2.37. The van der Waals surface area contributed by atoms with Crippen molar-refractivity contribution in [3.8, 4) is 0 Å². The maximum atomic E-state index is 10.4. The summed E-state index contributed by atoms with van der Waals surface area (Å²) in [5.41, 5.74) is -3.94. The van der Waals surface area contributed by atoms with Crippen LogP contribution in [0, 0.1) is 0 Å². The molecule has 1 rings (SSSR count). The summed E-state index contributed by atoms with van der Waals surface area (Å²) >= 11 is 0. The second-order valence-electron chi connectivity index (χ2n) is 7.69. The molecule has 0 amide bonds. The smallest absolute Gasteiger partial charge is 0.0674 e. The minimum absolute atomic E-state index is 0.201. The van der Waals surface area contributed by atoms with Gasteiger partial charge in [0.15, 0.2) is 0 Å². The first-order chi connectivity index (χ1) is 8.33.